The first kappa shape index (κ1) is 30.2. The van der Waals surface area contributed by atoms with Gasteiger partial charge in [-0.2, -0.15) is 0 Å². The number of carbonyl (C=O) groups excluding carboxylic acids is 3. The van der Waals surface area contributed by atoms with Crippen LogP contribution >= 0.6 is 23.5 Å². The number of amides is 1. The molecule has 9 nitrogen and oxygen atoms in total. The molecule has 2 aliphatic rings. The van der Waals surface area contributed by atoms with E-state index in [2.05, 4.69) is 0 Å². The van der Waals surface area contributed by atoms with Gasteiger partial charge in [-0.3, -0.25) is 29.6 Å². The number of carbonyl (C=O) groups is 3. The van der Waals surface area contributed by atoms with Crippen LogP contribution in [0.15, 0.2) is 101 Å². The Morgan fingerprint density at radius 3 is 2.23 bits per heavy atom. The summed E-state index contributed by atoms with van der Waals surface area (Å²) in [5.41, 5.74) is 1.86. The molecule has 5 rings (SSSR count). The zero-order valence-electron chi connectivity index (χ0n) is 23.5. The number of nitrogens with zero attached hydrogens (tertiary/aromatic N) is 3. The Bertz CT molecular complexity index is 1550. The number of nitro benzene ring substituents is 1. The Hall–Kier alpha value is -4.22. The summed E-state index contributed by atoms with van der Waals surface area (Å²) in [4.78, 5) is 56.5. The van der Waals surface area contributed by atoms with Crippen LogP contribution in [-0.2, 0) is 19.1 Å². The summed E-state index contributed by atoms with van der Waals surface area (Å²) in [6.45, 7) is 3.33. The van der Waals surface area contributed by atoms with E-state index in [9.17, 15) is 24.5 Å². The lowest BCUT2D eigenvalue weighted by molar-refractivity contribution is -0.384. The second-order valence-corrected chi connectivity index (χ2v) is 12.3. The summed E-state index contributed by atoms with van der Waals surface area (Å²) in [5, 5.41) is 10.5. The number of thioether (sulfide) groups is 2. The fraction of sp³-hybridized carbons (Fsp3) is 0.250. The predicted octanol–water partition coefficient (Wildman–Crippen LogP) is 5.94. The van der Waals surface area contributed by atoms with Crippen molar-refractivity contribution < 1.29 is 24.0 Å². The quantitative estimate of drug-likeness (QED) is 0.0903. The molecule has 1 amide bonds. The molecule has 0 saturated carbocycles. The maximum atomic E-state index is 14.0. The lowest BCUT2D eigenvalue weighted by atomic mass is 9.84. The molecule has 1 saturated heterocycles. The third kappa shape index (κ3) is 6.14. The maximum absolute atomic E-state index is 14.0. The zero-order valence-corrected chi connectivity index (χ0v) is 25.2. The highest BCUT2D eigenvalue weighted by atomic mass is 32.2. The second-order valence-electron chi connectivity index (χ2n) is 10.1. The predicted molar refractivity (Wildman–Crippen MR) is 168 cm³/mol. The van der Waals surface area contributed by atoms with Crippen LogP contribution in [-0.4, -0.2) is 55.4 Å². The summed E-state index contributed by atoms with van der Waals surface area (Å²) >= 11 is 2.58. The number of ether oxygens (including phenoxy) is 1. The molecule has 0 spiro atoms. The number of non-ortho nitro benzene ring substituents is 1. The summed E-state index contributed by atoms with van der Waals surface area (Å²) in [6, 6.07) is 24.7. The van der Waals surface area contributed by atoms with Crippen molar-refractivity contribution in [3.8, 4) is 0 Å². The number of hydrogen-bond donors (Lipinski definition) is 0. The molecule has 0 aliphatic carbocycles. The molecule has 0 radical (unpaired) electrons. The van der Waals surface area contributed by atoms with Crippen LogP contribution in [0.2, 0.25) is 0 Å². The van der Waals surface area contributed by atoms with Gasteiger partial charge in [0.25, 0.3) is 11.6 Å². The number of benzene rings is 3. The van der Waals surface area contributed by atoms with E-state index in [0.29, 0.717) is 23.3 Å². The molecule has 43 heavy (non-hydrogen) atoms. The fourth-order valence-electron chi connectivity index (χ4n) is 5.11. The van der Waals surface area contributed by atoms with Gasteiger partial charge in [0.2, 0.25) is 0 Å². The molecular weight excluding hydrogens is 587 g/mol. The molecule has 220 valence electrons. The SMILES string of the molecule is CCC1(N=Cc2ccc([N+](=O)[O-])cc2)C(=O)N2C(C(=O)OC(c3ccccc3)c3ccccc3)=C(CSC(C)=O)CS[C@@H]21. The maximum Gasteiger partial charge on any atom is 0.356 e. The standard InChI is InChI=1S/C32H29N3O6S2/c1-3-32(33-18-22-14-16-26(17-15-22)35(39)40)30(38)34-27(25(19-42-21(2)36)20-43-31(32)34)29(37)41-28(23-10-6-4-7-11-23)24-12-8-5-9-13-24/h4-18,28,31H,3,19-20H2,1-2H3/t31-,32?/m1/s1. The van der Waals surface area contributed by atoms with Crippen LogP contribution in [0.1, 0.15) is 43.1 Å². The molecule has 2 heterocycles. The van der Waals surface area contributed by atoms with Gasteiger partial charge in [-0.1, -0.05) is 79.3 Å². The normalized spacial score (nSPS) is 19.7. The van der Waals surface area contributed by atoms with Crippen LogP contribution in [0.25, 0.3) is 0 Å². The Morgan fingerprint density at radius 1 is 1.09 bits per heavy atom. The van der Waals surface area contributed by atoms with Gasteiger partial charge in [-0.25, -0.2) is 4.79 Å². The van der Waals surface area contributed by atoms with Crippen molar-refractivity contribution in [2.24, 2.45) is 4.99 Å². The first-order valence-corrected chi connectivity index (χ1v) is 15.7. The monoisotopic (exact) mass is 615 g/mol. The van der Waals surface area contributed by atoms with Crippen LogP contribution in [0, 0.1) is 10.1 Å². The second kappa shape index (κ2) is 13.0. The third-order valence-corrected chi connectivity index (χ3v) is 9.71. The molecule has 1 unspecified atom stereocenters. The average Bonchev–Trinajstić information content (AvgIpc) is 3.03. The number of esters is 1. The van der Waals surface area contributed by atoms with Crippen LogP contribution in [0.4, 0.5) is 5.69 Å². The van der Waals surface area contributed by atoms with E-state index >= 15 is 0 Å². The van der Waals surface area contributed by atoms with E-state index in [1.54, 1.807) is 18.3 Å². The molecular formula is C32H29N3O6S2. The van der Waals surface area contributed by atoms with E-state index in [4.69, 9.17) is 9.73 Å². The van der Waals surface area contributed by atoms with Crippen LogP contribution in [0.3, 0.4) is 0 Å². The molecule has 0 aromatic heterocycles. The number of β-lactam (4-membered cyclic amide) rings is 1. The van der Waals surface area contributed by atoms with E-state index in [1.807, 2.05) is 67.6 Å². The largest absolute Gasteiger partial charge is 0.448 e. The Labute approximate surface area is 257 Å². The van der Waals surface area contributed by atoms with Gasteiger partial charge >= 0.3 is 5.97 Å². The van der Waals surface area contributed by atoms with E-state index in [0.717, 1.165) is 22.9 Å². The number of nitro groups is 1. The molecule has 0 N–H and O–H groups in total. The van der Waals surface area contributed by atoms with Crippen molar-refractivity contribution in [3.63, 3.8) is 0 Å². The molecule has 11 heteroatoms. The summed E-state index contributed by atoms with van der Waals surface area (Å²) in [6.07, 6.45) is 1.23. The van der Waals surface area contributed by atoms with E-state index in [-0.39, 0.29) is 28.2 Å². The molecule has 3 aromatic rings. The fourth-order valence-corrected chi connectivity index (χ4v) is 7.41. The molecule has 2 atom stereocenters. The molecule has 1 fully saturated rings. The Morgan fingerprint density at radius 2 is 1.70 bits per heavy atom. The van der Waals surface area contributed by atoms with Crippen molar-refractivity contribution in [2.75, 3.05) is 11.5 Å². The van der Waals surface area contributed by atoms with Crippen molar-refractivity contribution in [1.29, 1.82) is 0 Å². The minimum absolute atomic E-state index is 0.0374. The first-order valence-electron chi connectivity index (χ1n) is 13.7. The Balaban J connectivity index is 1.47. The highest BCUT2D eigenvalue weighted by Crippen LogP contribution is 2.50. The van der Waals surface area contributed by atoms with Crippen LogP contribution < -0.4 is 0 Å². The zero-order chi connectivity index (χ0) is 30.6. The first-order chi connectivity index (χ1) is 20.7. The van der Waals surface area contributed by atoms with Crippen molar-refractivity contribution in [1.82, 2.24) is 4.90 Å². The number of rotatable bonds is 10. The number of aliphatic imine (C=N–C) groups is 1. The van der Waals surface area contributed by atoms with Crippen molar-refractivity contribution >= 4 is 52.4 Å². The summed E-state index contributed by atoms with van der Waals surface area (Å²) < 4.78 is 6.17. The lowest BCUT2D eigenvalue weighted by Crippen LogP contribution is -2.72. The van der Waals surface area contributed by atoms with Gasteiger partial charge in [0.05, 0.1) is 4.92 Å². The lowest BCUT2D eigenvalue weighted by Gasteiger charge is -2.55. The minimum atomic E-state index is -1.12. The topological polar surface area (TPSA) is 119 Å². The van der Waals surface area contributed by atoms with Gasteiger partial charge in [-0.05, 0) is 40.8 Å². The Kier molecular flexibility index (Phi) is 9.12. The van der Waals surface area contributed by atoms with Gasteiger partial charge in [0.15, 0.2) is 16.8 Å². The smallest absolute Gasteiger partial charge is 0.356 e. The summed E-state index contributed by atoms with van der Waals surface area (Å²) in [7, 11) is 0. The van der Waals surface area contributed by atoms with E-state index < -0.39 is 27.9 Å². The summed E-state index contributed by atoms with van der Waals surface area (Å²) in [5.74, 6) is -0.288. The molecule has 2 aliphatic heterocycles. The average molecular weight is 616 g/mol. The van der Waals surface area contributed by atoms with Crippen LogP contribution in [0.5, 0.6) is 0 Å². The number of fused-ring (bicyclic) bond motifs is 1. The van der Waals surface area contributed by atoms with Gasteiger partial charge in [0.1, 0.15) is 11.1 Å². The van der Waals surface area contributed by atoms with Crippen molar-refractivity contribution in [2.45, 2.75) is 37.3 Å². The van der Waals surface area contributed by atoms with Gasteiger partial charge < -0.3 is 4.74 Å². The van der Waals surface area contributed by atoms with E-state index in [1.165, 1.54) is 35.7 Å². The third-order valence-electron chi connectivity index (χ3n) is 7.38. The molecule has 0 bridgehead atoms. The minimum Gasteiger partial charge on any atom is -0.448 e. The van der Waals surface area contributed by atoms with Gasteiger partial charge in [-0.15, -0.1) is 11.8 Å². The highest BCUT2D eigenvalue weighted by Gasteiger charge is 2.64. The highest BCUT2D eigenvalue weighted by molar-refractivity contribution is 8.13. The van der Waals surface area contributed by atoms with Crippen molar-refractivity contribution in [3.05, 3.63) is 123 Å². The van der Waals surface area contributed by atoms with Gasteiger partial charge in [0, 0.05) is 36.8 Å². The molecule has 3 aromatic carbocycles. The number of hydrogen-bond acceptors (Lipinski definition) is 9.